The van der Waals surface area contributed by atoms with E-state index in [1.165, 1.54) is 5.69 Å². The highest BCUT2D eigenvalue weighted by atomic mass is 16.4. The summed E-state index contributed by atoms with van der Waals surface area (Å²) in [6.45, 7) is 4.89. The van der Waals surface area contributed by atoms with E-state index in [2.05, 4.69) is 18.1 Å². The van der Waals surface area contributed by atoms with Crippen LogP contribution in [0, 0.1) is 18.8 Å². The average Bonchev–Trinajstić information content (AvgIpc) is 2.52. The van der Waals surface area contributed by atoms with Crippen molar-refractivity contribution < 1.29 is 9.90 Å². The molecule has 1 heterocycles. The Bertz CT molecular complexity index is 398. The molecule has 2 atom stereocenters. The third-order valence-electron chi connectivity index (χ3n) is 3.49. The summed E-state index contributed by atoms with van der Waals surface area (Å²) in [7, 11) is 0. The summed E-state index contributed by atoms with van der Waals surface area (Å²) in [4.78, 5) is 10.9. The van der Waals surface area contributed by atoms with Gasteiger partial charge in [-0.15, -0.1) is 0 Å². The maximum atomic E-state index is 10.9. The molecule has 0 saturated heterocycles. The highest BCUT2D eigenvalue weighted by Gasteiger charge is 2.36. The van der Waals surface area contributed by atoms with E-state index in [1.54, 1.807) is 0 Å². The van der Waals surface area contributed by atoms with Crippen LogP contribution in [0.4, 0.5) is 0 Å². The summed E-state index contributed by atoms with van der Waals surface area (Å²) in [5, 5.41) is 13.4. The zero-order valence-corrected chi connectivity index (χ0v) is 9.81. The van der Waals surface area contributed by atoms with Gasteiger partial charge in [-0.2, -0.15) is 5.10 Å². The molecule has 1 N–H and O–H groups in total. The fourth-order valence-electron chi connectivity index (χ4n) is 2.44. The lowest BCUT2D eigenvalue weighted by molar-refractivity contribution is -0.147. The van der Waals surface area contributed by atoms with Crippen LogP contribution in [0.5, 0.6) is 0 Å². The summed E-state index contributed by atoms with van der Waals surface area (Å²) < 4.78 is 1.98. The molecule has 1 saturated carbocycles. The zero-order valence-electron chi connectivity index (χ0n) is 9.81. The van der Waals surface area contributed by atoms with E-state index in [0.717, 1.165) is 31.5 Å². The van der Waals surface area contributed by atoms with Gasteiger partial charge in [-0.3, -0.25) is 9.48 Å². The molecular formula is C12H18N2O2. The van der Waals surface area contributed by atoms with Crippen LogP contribution in [-0.2, 0) is 17.8 Å². The molecule has 2 unspecified atom stereocenters. The van der Waals surface area contributed by atoms with Gasteiger partial charge in [0.05, 0.1) is 11.6 Å². The van der Waals surface area contributed by atoms with Gasteiger partial charge >= 0.3 is 5.97 Å². The summed E-state index contributed by atoms with van der Waals surface area (Å²) >= 11 is 0. The lowest BCUT2D eigenvalue weighted by atomic mass is 9.71. The van der Waals surface area contributed by atoms with Crippen molar-refractivity contribution in [2.24, 2.45) is 11.8 Å². The van der Waals surface area contributed by atoms with Crippen LogP contribution in [0.3, 0.4) is 0 Å². The molecule has 1 fully saturated rings. The van der Waals surface area contributed by atoms with Gasteiger partial charge in [0.25, 0.3) is 0 Å². The standard InChI is InChI=1S/C12H18N2O2/c1-3-14-10(6-8(2)13-14)7-9-4-5-11(9)12(15)16/h6,9,11H,3-5,7H2,1-2H3,(H,15,16). The van der Waals surface area contributed by atoms with Crippen molar-refractivity contribution in [3.05, 3.63) is 17.5 Å². The summed E-state index contributed by atoms with van der Waals surface area (Å²) in [6, 6.07) is 2.07. The van der Waals surface area contributed by atoms with Crippen LogP contribution in [-0.4, -0.2) is 20.9 Å². The molecule has 0 aromatic carbocycles. The number of aryl methyl sites for hydroxylation is 2. The first-order chi connectivity index (χ1) is 7.61. The number of carbonyl (C=O) groups is 1. The summed E-state index contributed by atoms with van der Waals surface area (Å²) in [5.41, 5.74) is 2.19. The zero-order chi connectivity index (χ0) is 11.7. The Labute approximate surface area is 95.3 Å². The van der Waals surface area contributed by atoms with Crippen molar-refractivity contribution in [3.63, 3.8) is 0 Å². The molecule has 4 heteroatoms. The third kappa shape index (κ3) is 1.96. The fourth-order valence-corrected chi connectivity index (χ4v) is 2.44. The molecule has 0 amide bonds. The second-order valence-electron chi connectivity index (χ2n) is 4.58. The first kappa shape index (κ1) is 11.2. The molecule has 2 rings (SSSR count). The van der Waals surface area contributed by atoms with Crippen molar-refractivity contribution in [3.8, 4) is 0 Å². The predicted molar refractivity (Wildman–Crippen MR) is 60.2 cm³/mol. The summed E-state index contributed by atoms with van der Waals surface area (Å²) in [5.74, 6) is -0.477. The van der Waals surface area contributed by atoms with E-state index in [-0.39, 0.29) is 5.92 Å². The molecular weight excluding hydrogens is 204 g/mol. The normalized spacial score (nSPS) is 24.1. The lowest BCUT2D eigenvalue weighted by Gasteiger charge is -2.33. The highest BCUT2D eigenvalue weighted by Crippen LogP contribution is 2.36. The smallest absolute Gasteiger partial charge is 0.306 e. The molecule has 0 bridgehead atoms. The van der Waals surface area contributed by atoms with E-state index < -0.39 is 5.97 Å². The first-order valence-electron chi connectivity index (χ1n) is 5.88. The maximum Gasteiger partial charge on any atom is 0.306 e. The van der Waals surface area contributed by atoms with E-state index in [4.69, 9.17) is 5.11 Å². The topological polar surface area (TPSA) is 55.1 Å². The number of carboxylic acid groups (broad SMARTS) is 1. The van der Waals surface area contributed by atoms with Gasteiger partial charge < -0.3 is 5.11 Å². The number of aromatic nitrogens is 2. The Balaban J connectivity index is 2.06. The van der Waals surface area contributed by atoms with Crippen LogP contribution >= 0.6 is 0 Å². The van der Waals surface area contributed by atoms with Crippen molar-refractivity contribution in [1.29, 1.82) is 0 Å². The van der Waals surface area contributed by atoms with Crippen LogP contribution in [0.1, 0.15) is 31.2 Å². The van der Waals surface area contributed by atoms with E-state index in [1.807, 2.05) is 11.6 Å². The van der Waals surface area contributed by atoms with Crippen LogP contribution < -0.4 is 0 Å². The minimum absolute atomic E-state index is 0.138. The molecule has 1 aromatic rings. The van der Waals surface area contributed by atoms with Gasteiger partial charge in [0.2, 0.25) is 0 Å². The Kier molecular flexibility index (Phi) is 2.99. The molecule has 88 valence electrons. The van der Waals surface area contributed by atoms with Gasteiger partial charge in [0.15, 0.2) is 0 Å². The van der Waals surface area contributed by atoms with Gasteiger partial charge in [0, 0.05) is 12.2 Å². The molecule has 0 radical (unpaired) electrons. The first-order valence-corrected chi connectivity index (χ1v) is 5.88. The number of rotatable bonds is 4. The average molecular weight is 222 g/mol. The van der Waals surface area contributed by atoms with Crippen LogP contribution in [0.15, 0.2) is 6.07 Å². The Morgan fingerprint density at radius 1 is 1.62 bits per heavy atom. The Morgan fingerprint density at radius 2 is 2.38 bits per heavy atom. The van der Waals surface area contributed by atoms with Crippen molar-refractivity contribution >= 4 is 5.97 Å². The van der Waals surface area contributed by atoms with Gasteiger partial charge in [-0.25, -0.2) is 0 Å². The van der Waals surface area contributed by atoms with E-state index >= 15 is 0 Å². The SMILES string of the molecule is CCn1nc(C)cc1CC1CCC1C(=O)O. The highest BCUT2D eigenvalue weighted by molar-refractivity contribution is 5.71. The number of aliphatic carboxylic acids is 1. The van der Waals surface area contributed by atoms with Crippen molar-refractivity contribution in [1.82, 2.24) is 9.78 Å². The van der Waals surface area contributed by atoms with Crippen molar-refractivity contribution in [2.75, 3.05) is 0 Å². The quantitative estimate of drug-likeness (QED) is 0.846. The number of carboxylic acids is 1. The minimum Gasteiger partial charge on any atom is -0.481 e. The Hall–Kier alpha value is -1.32. The van der Waals surface area contributed by atoms with Crippen LogP contribution in [0.25, 0.3) is 0 Å². The lowest BCUT2D eigenvalue weighted by Crippen LogP contribution is -2.34. The van der Waals surface area contributed by atoms with Gasteiger partial charge in [-0.05, 0) is 45.1 Å². The fraction of sp³-hybridized carbons (Fsp3) is 0.667. The molecule has 1 aliphatic rings. The second-order valence-corrected chi connectivity index (χ2v) is 4.58. The molecule has 16 heavy (non-hydrogen) atoms. The molecule has 1 aliphatic carbocycles. The second kappa shape index (κ2) is 4.28. The van der Waals surface area contributed by atoms with Gasteiger partial charge in [-0.1, -0.05) is 0 Å². The Morgan fingerprint density at radius 3 is 2.88 bits per heavy atom. The van der Waals surface area contributed by atoms with Crippen molar-refractivity contribution in [2.45, 2.75) is 39.7 Å². The minimum atomic E-state index is -0.643. The maximum absolute atomic E-state index is 10.9. The van der Waals surface area contributed by atoms with Gasteiger partial charge in [0.1, 0.15) is 0 Å². The third-order valence-corrected chi connectivity index (χ3v) is 3.49. The number of hydrogen-bond donors (Lipinski definition) is 1. The molecule has 4 nitrogen and oxygen atoms in total. The number of hydrogen-bond acceptors (Lipinski definition) is 2. The molecule has 0 aliphatic heterocycles. The van der Waals surface area contributed by atoms with E-state index in [9.17, 15) is 4.79 Å². The predicted octanol–water partition coefficient (Wildman–Crippen LogP) is 1.86. The molecule has 1 aromatic heterocycles. The van der Waals surface area contributed by atoms with E-state index in [0.29, 0.717) is 5.92 Å². The monoisotopic (exact) mass is 222 g/mol. The number of nitrogens with zero attached hydrogens (tertiary/aromatic N) is 2. The largest absolute Gasteiger partial charge is 0.481 e. The van der Waals surface area contributed by atoms with Crippen LogP contribution in [0.2, 0.25) is 0 Å². The summed E-state index contributed by atoms with van der Waals surface area (Å²) in [6.07, 6.45) is 2.72. The molecule has 0 spiro atoms.